The van der Waals surface area contributed by atoms with E-state index in [-0.39, 0.29) is 6.54 Å². The summed E-state index contributed by atoms with van der Waals surface area (Å²) >= 11 is 3.27. The Morgan fingerprint density at radius 3 is 2.63 bits per heavy atom. The molecular formula is C17H14BrN5O4. The molecule has 0 atom stereocenters. The van der Waals surface area contributed by atoms with E-state index >= 15 is 0 Å². The fraction of sp³-hybridized carbons (Fsp3) is 0.176. The third-order valence-electron chi connectivity index (χ3n) is 4.61. The second-order valence-corrected chi connectivity index (χ2v) is 6.92. The number of aryl methyl sites for hydroxylation is 2. The van der Waals surface area contributed by atoms with Gasteiger partial charge in [0.25, 0.3) is 5.56 Å². The minimum Gasteiger partial charge on any atom is -0.464 e. The molecule has 0 aliphatic heterocycles. The van der Waals surface area contributed by atoms with Crippen molar-refractivity contribution in [3.05, 3.63) is 61.6 Å². The lowest BCUT2D eigenvalue weighted by molar-refractivity contribution is 0.197. The lowest BCUT2D eigenvalue weighted by Gasteiger charge is -2.09. The van der Waals surface area contributed by atoms with Crippen LogP contribution < -0.4 is 11.2 Å². The second kappa shape index (κ2) is 5.95. The zero-order chi connectivity index (χ0) is 19.5. The molecule has 3 aromatic heterocycles. The van der Waals surface area contributed by atoms with Crippen molar-refractivity contribution in [2.45, 2.75) is 6.54 Å². The summed E-state index contributed by atoms with van der Waals surface area (Å²) < 4.78 is 5.56. The van der Waals surface area contributed by atoms with Crippen LogP contribution in [0.15, 0.2) is 44.8 Å². The molecule has 1 aromatic carbocycles. The quantitative estimate of drug-likeness (QED) is 0.486. The second-order valence-electron chi connectivity index (χ2n) is 6.21. The molecule has 0 amide bonds. The van der Waals surface area contributed by atoms with E-state index in [0.717, 1.165) is 14.5 Å². The molecule has 0 radical (unpaired) electrons. The van der Waals surface area contributed by atoms with E-state index in [9.17, 15) is 19.5 Å². The SMILES string of the molecule is Cn1c(Br)nc2c1c(=O)n(Cc1ccc3ccn(C(=O)O)c3c1)c(=O)n2C. The van der Waals surface area contributed by atoms with Crippen molar-refractivity contribution in [1.82, 2.24) is 23.3 Å². The highest BCUT2D eigenvalue weighted by Gasteiger charge is 2.18. The van der Waals surface area contributed by atoms with Gasteiger partial charge < -0.3 is 9.67 Å². The van der Waals surface area contributed by atoms with Gasteiger partial charge in [0, 0.05) is 25.7 Å². The number of carboxylic acid groups (broad SMARTS) is 1. The molecule has 0 bridgehead atoms. The van der Waals surface area contributed by atoms with Crippen molar-refractivity contribution >= 4 is 44.1 Å². The van der Waals surface area contributed by atoms with Crippen LogP contribution in [-0.2, 0) is 20.6 Å². The number of fused-ring (bicyclic) bond motifs is 2. The Morgan fingerprint density at radius 2 is 1.93 bits per heavy atom. The molecule has 138 valence electrons. The third kappa shape index (κ3) is 2.52. The summed E-state index contributed by atoms with van der Waals surface area (Å²) in [6.45, 7) is 0.0188. The molecule has 10 heteroatoms. The van der Waals surface area contributed by atoms with Crippen LogP contribution in [0.25, 0.3) is 22.1 Å². The maximum Gasteiger partial charge on any atom is 0.415 e. The van der Waals surface area contributed by atoms with Gasteiger partial charge in [-0.2, -0.15) is 0 Å². The van der Waals surface area contributed by atoms with Crippen LogP contribution in [0, 0.1) is 0 Å². The number of hydrogen-bond acceptors (Lipinski definition) is 4. The number of carbonyl (C=O) groups is 1. The van der Waals surface area contributed by atoms with Gasteiger partial charge in [0.1, 0.15) is 0 Å². The summed E-state index contributed by atoms with van der Waals surface area (Å²) in [5.41, 5.74) is 0.789. The van der Waals surface area contributed by atoms with Crippen LogP contribution in [0.3, 0.4) is 0 Å². The molecule has 27 heavy (non-hydrogen) atoms. The molecule has 0 spiro atoms. The van der Waals surface area contributed by atoms with Gasteiger partial charge in [-0.25, -0.2) is 14.6 Å². The highest BCUT2D eigenvalue weighted by Crippen LogP contribution is 2.18. The standard InChI is InChI=1S/C17H14BrN5O4/c1-20-12-13(19-15(20)18)21(2)16(25)23(14(12)24)8-9-3-4-10-5-6-22(17(26)27)11(10)7-9/h3-7H,8H2,1-2H3,(H,26,27). The molecular weight excluding hydrogens is 418 g/mol. The molecule has 4 rings (SSSR count). The molecule has 0 aliphatic carbocycles. The molecule has 0 fully saturated rings. The number of aromatic nitrogens is 5. The summed E-state index contributed by atoms with van der Waals surface area (Å²) in [6, 6.07) is 6.89. The maximum atomic E-state index is 12.9. The number of rotatable bonds is 2. The van der Waals surface area contributed by atoms with Gasteiger partial charge in [-0.05, 0) is 33.6 Å². The van der Waals surface area contributed by atoms with Crippen molar-refractivity contribution in [3.63, 3.8) is 0 Å². The first-order chi connectivity index (χ1) is 12.8. The molecule has 0 aliphatic rings. The monoisotopic (exact) mass is 431 g/mol. The van der Waals surface area contributed by atoms with E-state index in [4.69, 9.17) is 0 Å². The van der Waals surface area contributed by atoms with Gasteiger partial charge in [-0.3, -0.25) is 18.5 Å². The summed E-state index contributed by atoms with van der Waals surface area (Å²) in [4.78, 5) is 41.1. The fourth-order valence-corrected chi connectivity index (χ4v) is 3.52. The maximum absolute atomic E-state index is 12.9. The van der Waals surface area contributed by atoms with E-state index in [1.165, 1.54) is 10.8 Å². The molecule has 0 unspecified atom stereocenters. The smallest absolute Gasteiger partial charge is 0.415 e. The summed E-state index contributed by atoms with van der Waals surface area (Å²) in [7, 11) is 3.24. The average Bonchev–Trinajstić information content (AvgIpc) is 3.18. The Kier molecular flexibility index (Phi) is 3.81. The molecule has 0 saturated carbocycles. The van der Waals surface area contributed by atoms with Crippen LogP contribution in [0.1, 0.15) is 5.56 Å². The Balaban J connectivity index is 1.91. The largest absolute Gasteiger partial charge is 0.464 e. The Bertz CT molecular complexity index is 1360. The van der Waals surface area contributed by atoms with E-state index in [1.54, 1.807) is 42.9 Å². The van der Waals surface area contributed by atoms with E-state index < -0.39 is 17.3 Å². The molecule has 3 heterocycles. The average molecular weight is 432 g/mol. The van der Waals surface area contributed by atoms with Crippen LogP contribution in [0.4, 0.5) is 4.79 Å². The first-order valence-corrected chi connectivity index (χ1v) is 8.74. The van der Waals surface area contributed by atoms with Crippen molar-refractivity contribution in [2.24, 2.45) is 14.1 Å². The van der Waals surface area contributed by atoms with Crippen LogP contribution in [0.5, 0.6) is 0 Å². The number of imidazole rings is 1. The van der Waals surface area contributed by atoms with Crippen LogP contribution in [0.2, 0.25) is 0 Å². The summed E-state index contributed by atoms with van der Waals surface area (Å²) in [5.74, 6) is 0. The van der Waals surface area contributed by atoms with Crippen molar-refractivity contribution < 1.29 is 9.90 Å². The highest BCUT2D eigenvalue weighted by molar-refractivity contribution is 9.10. The van der Waals surface area contributed by atoms with E-state index in [1.807, 2.05) is 0 Å². The van der Waals surface area contributed by atoms with Crippen molar-refractivity contribution in [1.29, 1.82) is 0 Å². The molecule has 4 aromatic rings. The van der Waals surface area contributed by atoms with Crippen molar-refractivity contribution in [3.8, 4) is 0 Å². The normalized spacial score (nSPS) is 11.5. The lowest BCUT2D eigenvalue weighted by atomic mass is 10.1. The Labute approximate surface area is 159 Å². The highest BCUT2D eigenvalue weighted by atomic mass is 79.9. The predicted molar refractivity (Wildman–Crippen MR) is 102 cm³/mol. The predicted octanol–water partition coefficient (Wildman–Crippen LogP) is 1.73. The summed E-state index contributed by atoms with van der Waals surface area (Å²) in [5, 5.41) is 10.0. The minimum absolute atomic E-state index is 0.0188. The molecule has 0 saturated heterocycles. The molecule has 9 nitrogen and oxygen atoms in total. The lowest BCUT2D eigenvalue weighted by Crippen LogP contribution is -2.39. The first kappa shape index (κ1) is 17.3. The Hall–Kier alpha value is -3.14. The van der Waals surface area contributed by atoms with Crippen LogP contribution >= 0.6 is 15.9 Å². The van der Waals surface area contributed by atoms with E-state index in [2.05, 4.69) is 20.9 Å². The number of halogens is 1. The minimum atomic E-state index is -1.10. The van der Waals surface area contributed by atoms with Gasteiger partial charge in [0.15, 0.2) is 15.9 Å². The zero-order valence-corrected chi connectivity index (χ0v) is 16.0. The van der Waals surface area contributed by atoms with Crippen LogP contribution in [-0.4, -0.2) is 34.5 Å². The van der Waals surface area contributed by atoms with Gasteiger partial charge in [-0.15, -0.1) is 0 Å². The topological polar surface area (TPSA) is 104 Å². The Morgan fingerprint density at radius 1 is 1.19 bits per heavy atom. The number of nitrogens with zero attached hydrogens (tertiary/aromatic N) is 5. The van der Waals surface area contributed by atoms with Gasteiger partial charge in [0.05, 0.1) is 12.1 Å². The summed E-state index contributed by atoms with van der Waals surface area (Å²) in [6.07, 6.45) is 0.359. The zero-order valence-electron chi connectivity index (χ0n) is 14.4. The van der Waals surface area contributed by atoms with E-state index in [0.29, 0.717) is 27.0 Å². The fourth-order valence-electron chi connectivity index (χ4n) is 3.18. The van der Waals surface area contributed by atoms with Crippen molar-refractivity contribution in [2.75, 3.05) is 0 Å². The number of benzene rings is 1. The third-order valence-corrected chi connectivity index (χ3v) is 5.32. The number of hydrogen-bond donors (Lipinski definition) is 1. The van der Waals surface area contributed by atoms with Gasteiger partial charge in [0.2, 0.25) is 0 Å². The first-order valence-electron chi connectivity index (χ1n) is 7.94. The van der Waals surface area contributed by atoms with Gasteiger partial charge >= 0.3 is 11.8 Å². The van der Waals surface area contributed by atoms with Gasteiger partial charge in [-0.1, -0.05) is 12.1 Å². The molecule has 1 N–H and O–H groups in total.